The molecular formula is C14H20BrClN2O2. The second-order valence-corrected chi connectivity index (χ2v) is 5.47. The van der Waals surface area contributed by atoms with Crippen molar-refractivity contribution in [2.24, 2.45) is 0 Å². The van der Waals surface area contributed by atoms with Gasteiger partial charge in [0.25, 0.3) is 0 Å². The maximum Gasteiger partial charge on any atom is 0.236 e. The Bertz CT molecular complexity index is 457. The number of hydrogen-bond donors (Lipinski definition) is 1. The first-order chi connectivity index (χ1) is 9.22. The van der Waals surface area contributed by atoms with Gasteiger partial charge in [0.1, 0.15) is 0 Å². The number of carbonyl (C=O) groups excluding carboxylic acids is 1. The molecule has 2 rings (SSSR count). The molecule has 4 nitrogen and oxygen atoms in total. The molecule has 0 aliphatic carbocycles. The van der Waals surface area contributed by atoms with Crippen LogP contribution in [-0.4, -0.2) is 44.2 Å². The van der Waals surface area contributed by atoms with Crippen molar-refractivity contribution in [1.82, 2.24) is 10.2 Å². The van der Waals surface area contributed by atoms with Crippen LogP contribution >= 0.6 is 28.3 Å². The summed E-state index contributed by atoms with van der Waals surface area (Å²) in [7, 11) is 1.66. The molecule has 6 heteroatoms. The molecule has 0 unspecified atom stereocenters. The normalized spacial score (nSPS) is 13.6. The monoisotopic (exact) mass is 362 g/mol. The number of hydrogen-bond acceptors (Lipinski definition) is 3. The number of ether oxygens (including phenoxy) is 1. The average Bonchev–Trinajstić information content (AvgIpc) is 2.43. The fraction of sp³-hybridized carbons (Fsp3) is 0.500. The predicted molar refractivity (Wildman–Crippen MR) is 85.3 cm³/mol. The maximum absolute atomic E-state index is 12.1. The molecule has 0 bridgehead atoms. The van der Waals surface area contributed by atoms with Crippen molar-refractivity contribution in [1.29, 1.82) is 0 Å². The topological polar surface area (TPSA) is 41.6 Å². The highest BCUT2D eigenvalue weighted by atomic mass is 79.9. The van der Waals surface area contributed by atoms with Crippen molar-refractivity contribution < 1.29 is 9.53 Å². The van der Waals surface area contributed by atoms with E-state index in [0.29, 0.717) is 26.2 Å². The molecule has 0 spiro atoms. The zero-order valence-electron chi connectivity index (χ0n) is 11.5. The van der Waals surface area contributed by atoms with Gasteiger partial charge in [-0.15, -0.1) is 12.4 Å². The van der Waals surface area contributed by atoms with E-state index in [2.05, 4.69) is 33.4 Å². The lowest BCUT2D eigenvalue weighted by atomic mass is 10.00. The van der Waals surface area contributed by atoms with Crippen LogP contribution in [-0.2, 0) is 22.5 Å². The summed E-state index contributed by atoms with van der Waals surface area (Å²) in [4.78, 5) is 14.0. The summed E-state index contributed by atoms with van der Waals surface area (Å²) in [5.41, 5.74) is 2.57. The third kappa shape index (κ3) is 4.45. The van der Waals surface area contributed by atoms with Gasteiger partial charge in [-0.25, -0.2) is 0 Å². The number of carbonyl (C=O) groups is 1. The quantitative estimate of drug-likeness (QED) is 0.814. The second kappa shape index (κ2) is 8.62. The first-order valence-corrected chi connectivity index (χ1v) is 7.25. The zero-order valence-corrected chi connectivity index (χ0v) is 13.9. The Balaban J connectivity index is 0.00000200. The van der Waals surface area contributed by atoms with Crippen LogP contribution in [0.1, 0.15) is 11.1 Å². The van der Waals surface area contributed by atoms with Gasteiger partial charge in [0.05, 0.1) is 13.2 Å². The van der Waals surface area contributed by atoms with Gasteiger partial charge in [-0.1, -0.05) is 28.1 Å². The third-order valence-corrected chi connectivity index (χ3v) is 4.06. The van der Waals surface area contributed by atoms with Gasteiger partial charge in [0.2, 0.25) is 5.91 Å². The fourth-order valence-corrected chi connectivity index (χ4v) is 2.86. The van der Waals surface area contributed by atoms with Gasteiger partial charge >= 0.3 is 0 Å². The summed E-state index contributed by atoms with van der Waals surface area (Å²) >= 11 is 3.57. The molecule has 0 saturated carbocycles. The Labute approximate surface area is 134 Å². The molecule has 1 aliphatic heterocycles. The molecule has 1 aromatic rings. The first kappa shape index (κ1) is 17.4. The predicted octanol–water partition coefficient (Wildman–Crippen LogP) is 1.99. The summed E-state index contributed by atoms with van der Waals surface area (Å²) in [5, 5.41) is 3.09. The van der Waals surface area contributed by atoms with Crippen LogP contribution in [0.5, 0.6) is 0 Å². The first-order valence-electron chi connectivity index (χ1n) is 6.46. The van der Waals surface area contributed by atoms with Gasteiger partial charge in [-0.2, -0.15) is 0 Å². The molecule has 0 saturated heterocycles. The fourth-order valence-electron chi connectivity index (χ4n) is 2.26. The Kier molecular flexibility index (Phi) is 7.51. The smallest absolute Gasteiger partial charge is 0.236 e. The van der Waals surface area contributed by atoms with Crippen LogP contribution in [0.25, 0.3) is 0 Å². The van der Waals surface area contributed by atoms with Crippen LogP contribution in [0, 0.1) is 0 Å². The minimum Gasteiger partial charge on any atom is -0.383 e. The number of nitrogens with one attached hydrogen (secondary N) is 1. The Hall–Kier alpha value is -0.620. The molecule has 0 atom stereocenters. The van der Waals surface area contributed by atoms with Crippen molar-refractivity contribution in [3.05, 3.63) is 33.8 Å². The number of methoxy groups -OCH3 is 1. The van der Waals surface area contributed by atoms with Crippen molar-refractivity contribution in [3.8, 4) is 0 Å². The molecule has 20 heavy (non-hydrogen) atoms. The van der Waals surface area contributed by atoms with E-state index >= 15 is 0 Å². The Morgan fingerprint density at radius 1 is 1.50 bits per heavy atom. The molecule has 0 radical (unpaired) electrons. The van der Waals surface area contributed by atoms with Crippen LogP contribution < -0.4 is 5.32 Å². The highest BCUT2D eigenvalue weighted by Crippen LogP contribution is 2.26. The number of benzene rings is 1. The molecular weight excluding hydrogens is 344 g/mol. The summed E-state index contributed by atoms with van der Waals surface area (Å²) in [5.74, 6) is 0.154. The summed E-state index contributed by atoms with van der Waals surface area (Å²) < 4.78 is 6.08. The van der Waals surface area contributed by atoms with E-state index in [1.54, 1.807) is 7.11 Å². The standard InChI is InChI=1S/C14H19BrN2O2.ClH/c1-19-8-6-16-9-14(18)17-7-5-12-11(10-17)3-2-4-13(12)15;/h2-4,16H,5-10H2,1H3;1H. The Morgan fingerprint density at radius 3 is 3.05 bits per heavy atom. The van der Waals surface area contributed by atoms with E-state index in [1.165, 1.54) is 11.1 Å². The molecule has 1 aromatic carbocycles. The summed E-state index contributed by atoms with van der Waals surface area (Å²) in [6.45, 7) is 3.22. The third-order valence-electron chi connectivity index (χ3n) is 3.32. The largest absolute Gasteiger partial charge is 0.383 e. The highest BCUT2D eigenvalue weighted by molar-refractivity contribution is 9.10. The molecule has 112 valence electrons. The molecule has 0 fully saturated rings. The van der Waals surface area contributed by atoms with Crippen LogP contribution in [0.3, 0.4) is 0 Å². The number of rotatable bonds is 5. The summed E-state index contributed by atoms with van der Waals surface area (Å²) in [6, 6.07) is 6.17. The minimum atomic E-state index is 0. The van der Waals surface area contributed by atoms with E-state index < -0.39 is 0 Å². The molecule has 1 heterocycles. The van der Waals surface area contributed by atoms with Gasteiger partial charge in [0, 0.05) is 31.2 Å². The molecule has 0 aromatic heterocycles. The lowest BCUT2D eigenvalue weighted by molar-refractivity contribution is -0.131. The number of halogens is 2. The summed E-state index contributed by atoms with van der Waals surface area (Å²) in [6.07, 6.45) is 0.917. The minimum absolute atomic E-state index is 0. The van der Waals surface area contributed by atoms with E-state index in [4.69, 9.17) is 4.74 Å². The van der Waals surface area contributed by atoms with Gasteiger partial charge in [0.15, 0.2) is 0 Å². The van der Waals surface area contributed by atoms with Crippen molar-refractivity contribution in [3.63, 3.8) is 0 Å². The van der Waals surface area contributed by atoms with Crippen LogP contribution in [0.4, 0.5) is 0 Å². The van der Waals surface area contributed by atoms with Crippen molar-refractivity contribution in [2.75, 3.05) is 33.4 Å². The number of amides is 1. The van der Waals surface area contributed by atoms with Gasteiger partial charge in [-0.3, -0.25) is 4.79 Å². The van der Waals surface area contributed by atoms with E-state index in [1.807, 2.05) is 11.0 Å². The van der Waals surface area contributed by atoms with Crippen molar-refractivity contribution >= 4 is 34.2 Å². The molecule has 1 amide bonds. The number of nitrogens with zero attached hydrogens (tertiary/aromatic N) is 1. The van der Waals surface area contributed by atoms with Crippen LogP contribution in [0.15, 0.2) is 22.7 Å². The van der Waals surface area contributed by atoms with E-state index in [0.717, 1.165) is 17.4 Å². The zero-order chi connectivity index (χ0) is 13.7. The Morgan fingerprint density at radius 2 is 2.30 bits per heavy atom. The highest BCUT2D eigenvalue weighted by Gasteiger charge is 2.21. The van der Waals surface area contributed by atoms with E-state index in [-0.39, 0.29) is 18.3 Å². The lowest BCUT2D eigenvalue weighted by Crippen LogP contribution is -2.41. The number of fused-ring (bicyclic) bond motifs is 1. The second-order valence-electron chi connectivity index (χ2n) is 4.61. The van der Waals surface area contributed by atoms with E-state index in [9.17, 15) is 4.79 Å². The average molecular weight is 364 g/mol. The van der Waals surface area contributed by atoms with Crippen LogP contribution in [0.2, 0.25) is 0 Å². The van der Waals surface area contributed by atoms with Gasteiger partial charge in [-0.05, 0) is 23.6 Å². The lowest BCUT2D eigenvalue weighted by Gasteiger charge is -2.29. The molecule has 1 N–H and O–H groups in total. The van der Waals surface area contributed by atoms with Crippen molar-refractivity contribution in [2.45, 2.75) is 13.0 Å². The van der Waals surface area contributed by atoms with Gasteiger partial charge < -0.3 is 15.0 Å². The maximum atomic E-state index is 12.1. The SMILES string of the molecule is COCCNCC(=O)N1CCc2c(Br)cccc2C1.Cl. The molecule has 1 aliphatic rings.